The van der Waals surface area contributed by atoms with E-state index < -0.39 is 0 Å². The third-order valence-electron chi connectivity index (χ3n) is 4.98. The maximum absolute atomic E-state index is 12.3. The van der Waals surface area contributed by atoms with E-state index in [2.05, 4.69) is 26.3 Å². The molecule has 2 aliphatic rings. The van der Waals surface area contributed by atoms with Gasteiger partial charge in [-0.2, -0.15) is 0 Å². The minimum absolute atomic E-state index is 0.0850. The van der Waals surface area contributed by atoms with Gasteiger partial charge in [0.1, 0.15) is 5.76 Å². The van der Waals surface area contributed by atoms with Crippen LogP contribution in [0.3, 0.4) is 0 Å². The van der Waals surface area contributed by atoms with E-state index in [0.717, 1.165) is 44.2 Å². The zero-order valence-corrected chi connectivity index (χ0v) is 16.5. The van der Waals surface area contributed by atoms with Crippen molar-refractivity contribution < 1.29 is 9.32 Å². The van der Waals surface area contributed by atoms with Crippen LogP contribution in [-0.2, 0) is 11.3 Å². The number of rotatable bonds is 6. The monoisotopic (exact) mass is 408 g/mol. The molecule has 2 heterocycles. The fraction of sp³-hybridized carbons (Fsp3) is 0.474. The van der Waals surface area contributed by atoms with Crippen LogP contribution in [-0.4, -0.2) is 53.6 Å². The second-order valence-corrected chi connectivity index (χ2v) is 8.06. The Hall–Kier alpha value is -1.60. The van der Waals surface area contributed by atoms with Gasteiger partial charge in [0.05, 0.1) is 22.9 Å². The van der Waals surface area contributed by atoms with E-state index in [-0.39, 0.29) is 5.91 Å². The number of anilines is 1. The van der Waals surface area contributed by atoms with Crippen molar-refractivity contribution in [1.82, 2.24) is 15.0 Å². The maximum Gasteiger partial charge on any atom is 0.238 e. The van der Waals surface area contributed by atoms with Crippen molar-refractivity contribution in [2.24, 2.45) is 0 Å². The Bertz CT molecular complexity index is 814. The van der Waals surface area contributed by atoms with Crippen molar-refractivity contribution in [2.45, 2.75) is 25.3 Å². The maximum atomic E-state index is 12.3. The molecule has 0 spiro atoms. The zero-order valence-electron chi connectivity index (χ0n) is 15.0. The predicted molar refractivity (Wildman–Crippen MR) is 105 cm³/mol. The van der Waals surface area contributed by atoms with E-state index in [1.165, 1.54) is 12.8 Å². The van der Waals surface area contributed by atoms with Crippen LogP contribution in [0, 0.1) is 0 Å². The van der Waals surface area contributed by atoms with Gasteiger partial charge in [0.2, 0.25) is 5.91 Å². The Morgan fingerprint density at radius 2 is 1.89 bits per heavy atom. The van der Waals surface area contributed by atoms with Crippen molar-refractivity contribution in [3.8, 4) is 0 Å². The van der Waals surface area contributed by atoms with Gasteiger partial charge in [-0.25, -0.2) is 0 Å². The number of hydrogen-bond acceptors (Lipinski definition) is 5. The molecule has 1 N–H and O–H groups in total. The van der Waals surface area contributed by atoms with Gasteiger partial charge in [0.25, 0.3) is 0 Å². The number of hydrogen-bond donors (Lipinski definition) is 1. The fourth-order valence-corrected chi connectivity index (χ4v) is 3.62. The second-order valence-electron chi connectivity index (χ2n) is 7.22. The Labute approximate surface area is 168 Å². The van der Waals surface area contributed by atoms with Crippen molar-refractivity contribution in [3.63, 3.8) is 0 Å². The van der Waals surface area contributed by atoms with Gasteiger partial charge >= 0.3 is 0 Å². The summed E-state index contributed by atoms with van der Waals surface area (Å²) in [5, 5.41) is 8.04. The highest BCUT2D eigenvalue weighted by atomic mass is 35.5. The number of piperazine rings is 1. The number of nitrogens with zero attached hydrogens (tertiary/aromatic N) is 3. The lowest BCUT2D eigenvalue weighted by Gasteiger charge is -2.33. The first-order chi connectivity index (χ1) is 13.1. The minimum Gasteiger partial charge on any atom is -0.361 e. The quantitative estimate of drug-likeness (QED) is 0.790. The second kappa shape index (κ2) is 8.19. The van der Waals surface area contributed by atoms with Gasteiger partial charge in [-0.3, -0.25) is 14.6 Å². The normalized spacial score (nSPS) is 18.6. The van der Waals surface area contributed by atoms with Crippen molar-refractivity contribution >= 4 is 34.8 Å². The molecule has 1 aliphatic carbocycles. The molecule has 1 saturated carbocycles. The summed E-state index contributed by atoms with van der Waals surface area (Å²) in [6.45, 7) is 4.61. The Balaban J connectivity index is 1.22. The van der Waals surface area contributed by atoms with Crippen LogP contribution < -0.4 is 5.32 Å². The number of benzene rings is 1. The van der Waals surface area contributed by atoms with Crippen LogP contribution in [0.1, 0.15) is 30.2 Å². The molecule has 0 unspecified atom stereocenters. The van der Waals surface area contributed by atoms with Gasteiger partial charge in [0, 0.05) is 49.7 Å². The standard InChI is InChI=1S/C19H22Cl2N4O2/c20-14-3-4-16(21)17(9-14)22-19(26)12-25-7-5-24(6-8-25)11-15-10-18(27-23-15)13-1-2-13/h3-4,9-10,13H,1-2,5-8,11-12H2,(H,22,26). The Kier molecular flexibility index (Phi) is 5.68. The summed E-state index contributed by atoms with van der Waals surface area (Å²) >= 11 is 12.1. The predicted octanol–water partition coefficient (Wildman–Crippen LogP) is 3.62. The highest BCUT2D eigenvalue weighted by molar-refractivity contribution is 6.35. The van der Waals surface area contributed by atoms with Crippen LogP contribution in [0.2, 0.25) is 10.0 Å². The molecular weight excluding hydrogens is 387 g/mol. The Morgan fingerprint density at radius 3 is 2.63 bits per heavy atom. The number of aromatic nitrogens is 1. The molecule has 4 rings (SSSR count). The summed E-state index contributed by atoms with van der Waals surface area (Å²) < 4.78 is 5.42. The topological polar surface area (TPSA) is 61.6 Å². The molecule has 0 bridgehead atoms. The molecule has 2 fully saturated rings. The first kappa shape index (κ1) is 18.7. The molecular formula is C19H22Cl2N4O2. The van der Waals surface area contributed by atoms with E-state index in [1.807, 2.05) is 0 Å². The number of nitrogens with one attached hydrogen (secondary N) is 1. The van der Waals surface area contributed by atoms with E-state index in [9.17, 15) is 4.79 Å². The van der Waals surface area contributed by atoms with Crippen molar-refractivity contribution in [2.75, 3.05) is 38.0 Å². The molecule has 1 saturated heterocycles. The molecule has 1 aromatic heterocycles. The van der Waals surface area contributed by atoms with Gasteiger partial charge in [0.15, 0.2) is 0 Å². The first-order valence-corrected chi connectivity index (χ1v) is 9.97. The van der Waals surface area contributed by atoms with Crippen molar-refractivity contribution in [1.29, 1.82) is 0 Å². The molecule has 0 radical (unpaired) electrons. The van der Waals surface area contributed by atoms with E-state index in [0.29, 0.717) is 28.2 Å². The lowest BCUT2D eigenvalue weighted by atomic mass is 10.2. The summed E-state index contributed by atoms with van der Waals surface area (Å²) in [6.07, 6.45) is 2.44. The average molecular weight is 409 g/mol. The van der Waals surface area contributed by atoms with Gasteiger partial charge in [-0.1, -0.05) is 28.4 Å². The number of carbonyl (C=O) groups excluding carboxylic acids is 1. The van der Waals surface area contributed by atoms with Crippen LogP contribution in [0.15, 0.2) is 28.8 Å². The molecule has 1 aromatic carbocycles. The van der Waals surface area contributed by atoms with Crippen LogP contribution in [0.4, 0.5) is 5.69 Å². The van der Waals surface area contributed by atoms with E-state index >= 15 is 0 Å². The third kappa shape index (κ3) is 5.02. The highest BCUT2D eigenvalue weighted by Gasteiger charge is 2.28. The summed E-state index contributed by atoms with van der Waals surface area (Å²) in [5.74, 6) is 1.53. The smallest absolute Gasteiger partial charge is 0.238 e. The number of carbonyl (C=O) groups is 1. The van der Waals surface area contributed by atoms with Crippen molar-refractivity contribution in [3.05, 3.63) is 45.8 Å². The molecule has 144 valence electrons. The van der Waals surface area contributed by atoms with Crippen LogP contribution >= 0.6 is 23.2 Å². The SMILES string of the molecule is O=C(CN1CCN(Cc2cc(C3CC3)on2)CC1)Nc1cc(Cl)ccc1Cl. The van der Waals surface area contributed by atoms with Crippen LogP contribution in [0.25, 0.3) is 0 Å². The molecule has 27 heavy (non-hydrogen) atoms. The summed E-state index contributed by atoms with van der Waals surface area (Å²) in [5.41, 5.74) is 1.55. The zero-order chi connectivity index (χ0) is 18.8. The number of halogens is 2. The molecule has 1 amide bonds. The van der Waals surface area contributed by atoms with Gasteiger partial charge < -0.3 is 9.84 Å². The van der Waals surface area contributed by atoms with E-state index in [1.54, 1.807) is 18.2 Å². The highest BCUT2D eigenvalue weighted by Crippen LogP contribution is 2.40. The third-order valence-corrected chi connectivity index (χ3v) is 5.54. The summed E-state index contributed by atoms with van der Waals surface area (Å²) in [6, 6.07) is 7.12. The molecule has 2 aromatic rings. The van der Waals surface area contributed by atoms with Gasteiger partial charge in [-0.15, -0.1) is 0 Å². The number of amides is 1. The lowest BCUT2D eigenvalue weighted by Crippen LogP contribution is -2.48. The minimum atomic E-state index is -0.0850. The lowest BCUT2D eigenvalue weighted by molar-refractivity contribution is -0.117. The van der Waals surface area contributed by atoms with Crippen LogP contribution in [0.5, 0.6) is 0 Å². The van der Waals surface area contributed by atoms with E-state index in [4.69, 9.17) is 27.7 Å². The molecule has 6 nitrogen and oxygen atoms in total. The average Bonchev–Trinajstić information content (AvgIpc) is 3.39. The molecule has 1 aliphatic heterocycles. The fourth-order valence-electron chi connectivity index (χ4n) is 3.28. The summed E-state index contributed by atoms with van der Waals surface area (Å²) in [4.78, 5) is 16.8. The van der Waals surface area contributed by atoms with Gasteiger partial charge in [-0.05, 0) is 31.0 Å². The molecule has 0 atom stereocenters. The Morgan fingerprint density at radius 1 is 1.15 bits per heavy atom. The molecule has 8 heteroatoms. The first-order valence-electron chi connectivity index (χ1n) is 9.22. The largest absolute Gasteiger partial charge is 0.361 e. The summed E-state index contributed by atoms with van der Waals surface area (Å²) in [7, 11) is 0.